The second-order valence-electron chi connectivity index (χ2n) is 14.6. The molecule has 2 aliphatic heterocycles. The minimum atomic E-state index is -0.258. The Kier molecular flexibility index (Phi) is 15.6. The van der Waals surface area contributed by atoms with Crippen LogP contribution in [0.4, 0.5) is 0 Å². The Morgan fingerprint density at radius 3 is 1.92 bits per heavy atom. The summed E-state index contributed by atoms with van der Waals surface area (Å²) in [5.41, 5.74) is 4.01. The van der Waals surface area contributed by atoms with Crippen molar-refractivity contribution in [3.8, 4) is 5.75 Å². The van der Waals surface area contributed by atoms with Crippen molar-refractivity contribution < 1.29 is 31.5 Å². The summed E-state index contributed by atoms with van der Waals surface area (Å²) in [6.45, 7) is 24.0. The van der Waals surface area contributed by atoms with Gasteiger partial charge in [-0.1, -0.05) is 118 Å². The summed E-state index contributed by atoms with van der Waals surface area (Å²) in [5.74, 6) is 9.46. The predicted molar refractivity (Wildman–Crippen MR) is 199 cm³/mol. The topological polar surface area (TPSA) is 47.3 Å². The monoisotopic (exact) mass is 700 g/mol. The smallest absolute Gasteiger partial charge is 0.187 e. The Hall–Kier alpha value is -2.49. The van der Waals surface area contributed by atoms with Gasteiger partial charge in [-0.05, 0) is 89.4 Å². The summed E-state index contributed by atoms with van der Waals surface area (Å²) in [6, 6.07) is 18.8. The molecule has 2 heterocycles. The van der Waals surface area contributed by atoms with Gasteiger partial charge >= 0.3 is 0 Å². The molecule has 0 aromatic heterocycles. The van der Waals surface area contributed by atoms with E-state index in [0.29, 0.717) is 18.1 Å². The third-order valence-corrected chi connectivity index (χ3v) is 9.71. The third kappa shape index (κ3) is 10.8. The van der Waals surface area contributed by atoms with Crippen molar-refractivity contribution in [2.24, 2.45) is 5.92 Å². The molecule has 262 valence electrons. The molecule has 5 heteroatoms. The van der Waals surface area contributed by atoms with Crippen LogP contribution in [0, 0.1) is 66.7 Å². The number of nitrogens with one attached hydrogen (secondary N) is 1. The number of nitrogens with zero attached hydrogens (tertiary/aromatic N) is 1. The molecule has 2 aromatic carbocycles. The van der Waals surface area contributed by atoms with Crippen molar-refractivity contribution in [1.29, 1.82) is 0 Å². The zero-order chi connectivity index (χ0) is 35.0. The van der Waals surface area contributed by atoms with Gasteiger partial charge in [0, 0.05) is 47.9 Å². The van der Waals surface area contributed by atoms with Crippen molar-refractivity contribution in [1.82, 2.24) is 5.32 Å². The van der Waals surface area contributed by atoms with Crippen molar-refractivity contribution in [3.63, 3.8) is 0 Å². The first kappa shape index (κ1) is 40.9. The fourth-order valence-corrected chi connectivity index (χ4v) is 6.41. The van der Waals surface area contributed by atoms with E-state index in [1.807, 2.05) is 60.8 Å². The van der Waals surface area contributed by atoms with E-state index in [1.165, 1.54) is 73.2 Å². The maximum Gasteiger partial charge on any atom is 0.187 e. The molecule has 3 fully saturated rings. The van der Waals surface area contributed by atoms with E-state index in [9.17, 15) is 5.11 Å². The zero-order valence-corrected chi connectivity index (χ0v) is 32.4. The Morgan fingerprint density at radius 1 is 0.816 bits per heavy atom. The van der Waals surface area contributed by atoms with Crippen molar-refractivity contribution in [2.45, 2.75) is 93.9 Å². The van der Waals surface area contributed by atoms with Gasteiger partial charge in [-0.15, -0.1) is 0 Å². The fourth-order valence-electron chi connectivity index (χ4n) is 6.41. The fraction of sp³-hybridized carbons (Fsp3) is 0.386. The van der Waals surface area contributed by atoms with E-state index in [4.69, 9.17) is 4.74 Å². The SMILES string of the molecule is CC(C)C/C(=C(/[O-])Oc1ccccc1C(C)(C)C)c1ccccc1.C[C]1[C](C)[C](C)[C](C)[C]1C.[CH]1[CH][C]2NC=CC(=[N+]3CCCC3)[C]2[CH]1.[Fe]. The van der Waals surface area contributed by atoms with Gasteiger partial charge in [0.25, 0.3) is 0 Å². The molecule has 2 aliphatic carbocycles. The third-order valence-electron chi connectivity index (χ3n) is 9.71. The molecule has 49 heavy (non-hydrogen) atoms. The van der Waals surface area contributed by atoms with E-state index in [0.717, 1.165) is 16.7 Å². The van der Waals surface area contributed by atoms with E-state index >= 15 is 0 Å². The normalized spacial score (nSPS) is 20.2. The maximum atomic E-state index is 12.9. The number of fused-ring (bicyclic) bond motifs is 1. The van der Waals surface area contributed by atoms with Crippen LogP contribution in [0.2, 0.25) is 0 Å². The molecule has 4 nitrogen and oxygen atoms in total. The molecule has 0 atom stereocenters. The quantitative estimate of drug-likeness (QED) is 0.192. The number of hydrogen-bond donors (Lipinski definition) is 1. The van der Waals surface area contributed by atoms with Crippen LogP contribution >= 0.6 is 0 Å². The van der Waals surface area contributed by atoms with Gasteiger partial charge in [-0.2, -0.15) is 0 Å². The first-order valence-corrected chi connectivity index (χ1v) is 17.5. The molecule has 0 unspecified atom stereocenters. The molecule has 10 radical (unpaired) electrons. The van der Waals surface area contributed by atoms with Crippen LogP contribution in [0.25, 0.3) is 5.57 Å². The van der Waals surface area contributed by atoms with Crippen LogP contribution in [-0.2, 0) is 22.5 Å². The van der Waals surface area contributed by atoms with Gasteiger partial charge in [0.2, 0.25) is 0 Å². The van der Waals surface area contributed by atoms with Crippen molar-refractivity contribution in [2.75, 3.05) is 13.1 Å². The minimum absolute atomic E-state index is 0. The molecule has 1 N–H and O–H groups in total. The number of hydrogen-bond acceptors (Lipinski definition) is 3. The van der Waals surface area contributed by atoms with Gasteiger partial charge < -0.3 is 15.2 Å². The number of benzene rings is 2. The van der Waals surface area contributed by atoms with Crippen LogP contribution in [0.3, 0.4) is 0 Å². The van der Waals surface area contributed by atoms with Gasteiger partial charge in [-0.25, -0.2) is 4.58 Å². The van der Waals surface area contributed by atoms with E-state index in [1.54, 1.807) is 0 Å². The van der Waals surface area contributed by atoms with Crippen molar-refractivity contribution >= 4 is 11.3 Å². The van der Waals surface area contributed by atoms with Crippen molar-refractivity contribution in [3.05, 3.63) is 145 Å². The second kappa shape index (κ2) is 18.7. The molecular weight excluding hydrogens is 644 g/mol. The van der Waals surface area contributed by atoms with Crippen LogP contribution in [0.5, 0.6) is 5.75 Å². The standard InChI is InChI=1S/C22H28O2.C12H14N2.C10H15.Fe/c1-16(2)15-18(17-11-7-6-8-12-17)21(23)24-20-14-10-9-13-19(20)22(3,4)5;1-2-9-14(8-1)12-6-7-13-11-5-3-4-10(11)12;1-6-7(2)9(4)10(5)8(6)3;/h6-14,16,23H,15H2,1-5H3;3-7,13H,1-2,8-9H2;1-5H3;/q;+1;;/p-1/b21-18+;;;. The largest absolute Gasteiger partial charge is 0.579 e. The predicted octanol–water partition coefficient (Wildman–Crippen LogP) is 9.19. The first-order chi connectivity index (χ1) is 22.8. The molecule has 0 spiro atoms. The number of ether oxygens (including phenoxy) is 1. The number of para-hydroxylation sites is 1. The second-order valence-corrected chi connectivity index (χ2v) is 14.6. The molecule has 2 saturated carbocycles. The van der Waals surface area contributed by atoms with Gasteiger partial charge in [0.1, 0.15) is 19.0 Å². The summed E-state index contributed by atoms with van der Waals surface area (Å²) in [6.07, 6.45) is 14.0. The van der Waals surface area contributed by atoms with Gasteiger partial charge in [-0.3, -0.25) is 0 Å². The van der Waals surface area contributed by atoms with Crippen LogP contribution in [0.15, 0.2) is 72.8 Å². The molecule has 0 amide bonds. The molecule has 1 saturated heterocycles. The molecule has 4 aliphatic rings. The number of allylic oxidation sites excluding steroid dienone is 2. The Balaban J connectivity index is 0.000000218. The van der Waals surface area contributed by atoms with E-state index < -0.39 is 0 Å². The zero-order valence-electron chi connectivity index (χ0n) is 31.3. The van der Waals surface area contributed by atoms with Gasteiger partial charge in [0.05, 0.1) is 12.0 Å². The molecule has 6 rings (SSSR count). The van der Waals surface area contributed by atoms with Crippen LogP contribution in [-0.4, -0.2) is 23.4 Å². The summed E-state index contributed by atoms with van der Waals surface area (Å²) >= 11 is 0. The maximum absolute atomic E-state index is 12.9. The Bertz CT molecular complexity index is 1350. The van der Waals surface area contributed by atoms with E-state index in [-0.39, 0.29) is 28.4 Å². The minimum Gasteiger partial charge on any atom is -0.579 e. The summed E-state index contributed by atoms with van der Waals surface area (Å²) in [7, 11) is 0. The first-order valence-electron chi connectivity index (χ1n) is 17.5. The summed E-state index contributed by atoms with van der Waals surface area (Å²) in [4.78, 5) is 0. The summed E-state index contributed by atoms with van der Waals surface area (Å²) in [5, 5.41) is 16.1. The summed E-state index contributed by atoms with van der Waals surface area (Å²) < 4.78 is 8.30. The number of rotatable bonds is 5. The van der Waals surface area contributed by atoms with Crippen LogP contribution in [0.1, 0.15) is 99.6 Å². The Labute approximate surface area is 310 Å². The molecular formula is C44H56FeN2O2. The van der Waals surface area contributed by atoms with E-state index in [2.05, 4.69) is 104 Å². The Morgan fingerprint density at radius 2 is 1.37 bits per heavy atom. The average molecular weight is 701 g/mol. The van der Waals surface area contributed by atoms with Crippen LogP contribution < -0.4 is 15.2 Å². The van der Waals surface area contributed by atoms with Gasteiger partial charge in [0.15, 0.2) is 5.71 Å². The average Bonchev–Trinajstić information content (AvgIpc) is 3.82. The molecule has 0 bridgehead atoms. The molecule has 2 aromatic rings.